The second-order valence-corrected chi connectivity index (χ2v) is 7.63. The van der Waals surface area contributed by atoms with Gasteiger partial charge in [-0.2, -0.15) is 4.79 Å². The molecule has 1 aromatic rings. The summed E-state index contributed by atoms with van der Waals surface area (Å²) in [4.78, 5) is 14.8. The highest BCUT2D eigenvalue weighted by atomic mass is 32.2. The Morgan fingerprint density at radius 1 is 1.24 bits per heavy atom. The third-order valence-corrected chi connectivity index (χ3v) is 6.52. The first kappa shape index (κ1) is 15.6. The number of hydrogen-bond acceptors (Lipinski definition) is 3. The number of aryl methyl sites for hydroxylation is 1. The minimum absolute atomic E-state index is 0.232. The second-order valence-electron chi connectivity index (χ2n) is 5.43. The van der Waals surface area contributed by atoms with Crippen LogP contribution in [0.2, 0.25) is 0 Å². The number of nitrogens with zero attached hydrogens (tertiary/aromatic N) is 2. The average Bonchev–Trinajstić information content (AvgIpc) is 2.48. The Morgan fingerprint density at radius 2 is 1.86 bits per heavy atom. The molecule has 2 rings (SSSR count). The van der Waals surface area contributed by atoms with Crippen molar-refractivity contribution in [1.29, 1.82) is 0 Å². The van der Waals surface area contributed by atoms with Crippen molar-refractivity contribution in [1.82, 2.24) is 0 Å². The molecule has 0 radical (unpaired) electrons. The van der Waals surface area contributed by atoms with Crippen LogP contribution in [0.1, 0.15) is 31.2 Å². The predicted octanol–water partition coefficient (Wildman–Crippen LogP) is 2.20. The van der Waals surface area contributed by atoms with E-state index >= 15 is 0 Å². The average molecular weight is 306 g/mol. The van der Waals surface area contributed by atoms with Crippen molar-refractivity contribution in [2.45, 2.75) is 42.8 Å². The lowest BCUT2D eigenvalue weighted by atomic mass is 9.86. The fourth-order valence-corrected chi connectivity index (χ4v) is 4.91. The summed E-state index contributed by atoms with van der Waals surface area (Å²) in [5, 5.41) is -0.436. The van der Waals surface area contributed by atoms with E-state index < -0.39 is 15.1 Å². The van der Waals surface area contributed by atoms with E-state index in [4.69, 9.17) is 5.53 Å². The van der Waals surface area contributed by atoms with Crippen LogP contribution in [-0.2, 0) is 14.6 Å². The molecule has 0 spiro atoms. The quantitative estimate of drug-likeness (QED) is 0.485. The number of hydrogen-bond donors (Lipinski definition) is 0. The number of ketones is 1. The summed E-state index contributed by atoms with van der Waals surface area (Å²) in [5.74, 6) is -0.464. The zero-order valence-electron chi connectivity index (χ0n) is 11.9. The fourth-order valence-electron chi connectivity index (χ4n) is 2.88. The minimum atomic E-state index is -3.35. The first-order valence-corrected chi connectivity index (χ1v) is 8.52. The van der Waals surface area contributed by atoms with E-state index in [1.54, 1.807) is 25.1 Å². The Balaban J connectivity index is 2.13. The Hall–Kier alpha value is -1.78. The largest absolute Gasteiger partial charge is 0.361 e. The van der Waals surface area contributed by atoms with Crippen molar-refractivity contribution < 1.29 is 18.0 Å². The van der Waals surface area contributed by atoms with Crippen LogP contribution in [0.15, 0.2) is 29.2 Å². The molecule has 1 fully saturated rings. The molecule has 0 heterocycles. The van der Waals surface area contributed by atoms with Crippen LogP contribution >= 0.6 is 0 Å². The first-order valence-electron chi connectivity index (χ1n) is 6.97. The molecule has 0 atom stereocenters. The summed E-state index contributed by atoms with van der Waals surface area (Å²) in [5.41, 5.74) is 9.13. The van der Waals surface area contributed by atoms with E-state index in [-0.39, 0.29) is 11.7 Å². The monoisotopic (exact) mass is 306 g/mol. The molecular formula is C15H18N2O3S. The summed E-state index contributed by atoms with van der Waals surface area (Å²) < 4.78 is 25.3. The highest BCUT2D eigenvalue weighted by molar-refractivity contribution is 7.92. The Labute approximate surface area is 124 Å². The predicted molar refractivity (Wildman–Crippen MR) is 78.8 cm³/mol. The van der Waals surface area contributed by atoms with E-state index in [9.17, 15) is 13.2 Å². The van der Waals surface area contributed by atoms with Crippen molar-refractivity contribution >= 4 is 21.8 Å². The van der Waals surface area contributed by atoms with Gasteiger partial charge in [0.05, 0.1) is 10.1 Å². The van der Waals surface area contributed by atoms with E-state index in [1.165, 1.54) is 0 Å². The van der Waals surface area contributed by atoms with Gasteiger partial charge in [0, 0.05) is 5.92 Å². The van der Waals surface area contributed by atoms with Crippen molar-refractivity contribution in [3.05, 3.63) is 35.4 Å². The Morgan fingerprint density at radius 3 is 2.43 bits per heavy atom. The lowest BCUT2D eigenvalue weighted by Crippen LogP contribution is -2.31. The molecule has 6 heteroatoms. The van der Waals surface area contributed by atoms with Gasteiger partial charge in [-0.3, -0.25) is 4.79 Å². The highest BCUT2D eigenvalue weighted by Gasteiger charge is 2.35. The zero-order chi connectivity index (χ0) is 15.5. The van der Waals surface area contributed by atoms with Gasteiger partial charge < -0.3 is 5.53 Å². The molecule has 21 heavy (non-hydrogen) atoms. The van der Waals surface area contributed by atoms with Gasteiger partial charge in [-0.15, -0.1) is 0 Å². The lowest BCUT2D eigenvalue weighted by Gasteiger charge is -2.26. The summed E-state index contributed by atoms with van der Waals surface area (Å²) in [6.07, 6.45) is 2.86. The number of rotatable bonds is 4. The minimum Gasteiger partial charge on any atom is -0.361 e. The third-order valence-electron chi connectivity index (χ3n) is 4.10. The molecule has 5 nitrogen and oxygen atoms in total. The van der Waals surface area contributed by atoms with Gasteiger partial charge in [-0.05, 0) is 44.2 Å². The van der Waals surface area contributed by atoms with Gasteiger partial charge in [0.25, 0.3) is 0 Å². The van der Waals surface area contributed by atoms with E-state index in [0.717, 1.165) is 11.8 Å². The Kier molecular flexibility index (Phi) is 4.70. The number of benzene rings is 1. The second kappa shape index (κ2) is 6.33. The van der Waals surface area contributed by atoms with Crippen LogP contribution in [0.4, 0.5) is 0 Å². The molecule has 0 N–H and O–H groups in total. The van der Waals surface area contributed by atoms with E-state index in [0.29, 0.717) is 30.6 Å². The fraction of sp³-hybridized carbons (Fsp3) is 0.467. The molecule has 1 saturated carbocycles. The topological polar surface area (TPSA) is 87.6 Å². The highest BCUT2D eigenvalue weighted by Crippen LogP contribution is 2.32. The van der Waals surface area contributed by atoms with Gasteiger partial charge in [0.1, 0.15) is 0 Å². The van der Waals surface area contributed by atoms with E-state index in [1.807, 2.05) is 6.07 Å². The molecule has 112 valence electrons. The van der Waals surface area contributed by atoms with Crippen molar-refractivity contribution in [3.63, 3.8) is 0 Å². The van der Waals surface area contributed by atoms with Gasteiger partial charge >= 0.3 is 6.21 Å². The molecule has 0 saturated heterocycles. The maximum Gasteiger partial charge on any atom is 0.323 e. The molecule has 0 unspecified atom stereocenters. The van der Waals surface area contributed by atoms with Gasteiger partial charge in [0.15, 0.2) is 9.84 Å². The van der Waals surface area contributed by atoms with Crippen molar-refractivity contribution in [2.24, 2.45) is 5.92 Å². The van der Waals surface area contributed by atoms with Gasteiger partial charge in [-0.1, -0.05) is 18.2 Å². The number of Topliss-reactive ketones (excluding diaryl/α,β-unsaturated/α-hetero) is 1. The van der Waals surface area contributed by atoms with Crippen LogP contribution in [0, 0.1) is 12.8 Å². The molecule has 0 aliphatic heterocycles. The first-order chi connectivity index (χ1) is 9.96. The lowest BCUT2D eigenvalue weighted by molar-refractivity contribution is -0.120. The van der Waals surface area contributed by atoms with E-state index in [2.05, 4.69) is 4.79 Å². The van der Waals surface area contributed by atoms with Crippen LogP contribution in [0.3, 0.4) is 0 Å². The van der Waals surface area contributed by atoms with Gasteiger partial charge in [-0.25, -0.2) is 8.42 Å². The maximum atomic E-state index is 12.7. The van der Waals surface area contributed by atoms with Crippen LogP contribution < -0.4 is 0 Å². The standard InChI is InChI=1S/C15H18N2O3S/c1-11-4-2-3-5-15(11)21(19,20)13-8-6-12(7-9-13)14(18)10-17-16/h2-5,10,12-13H,6-9H2,1H3. The third kappa shape index (κ3) is 3.28. The van der Waals surface area contributed by atoms with Crippen molar-refractivity contribution in [2.75, 3.05) is 0 Å². The summed E-state index contributed by atoms with van der Waals surface area (Å²) >= 11 is 0. The van der Waals surface area contributed by atoms with Gasteiger partial charge in [0.2, 0.25) is 5.78 Å². The molecule has 0 bridgehead atoms. The summed E-state index contributed by atoms with van der Waals surface area (Å²) in [7, 11) is -3.35. The zero-order valence-corrected chi connectivity index (χ0v) is 12.7. The molecule has 0 aromatic heterocycles. The van der Waals surface area contributed by atoms with Crippen LogP contribution in [0.25, 0.3) is 5.53 Å². The number of carbonyl (C=O) groups excluding carboxylic acids is 1. The molecule has 1 aromatic carbocycles. The Bertz CT molecular complexity index is 683. The molecule has 0 amide bonds. The van der Waals surface area contributed by atoms with Crippen molar-refractivity contribution in [3.8, 4) is 0 Å². The van der Waals surface area contributed by atoms with Crippen LogP contribution in [-0.4, -0.2) is 30.5 Å². The smallest absolute Gasteiger partial charge is 0.323 e. The number of carbonyl (C=O) groups is 1. The van der Waals surface area contributed by atoms with Crippen LogP contribution in [0.5, 0.6) is 0 Å². The summed E-state index contributed by atoms with van der Waals surface area (Å²) in [6, 6.07) is 6.98. The SMILES string of the molecule is Cc1ccccc1S(=O)(=O)C1CCC(C(=O)C=[N+]=[N-])CC1. The molecule has 1 aliphatic carbocycles. The molecular weight excluding hydrogens is 288 g/mol. The maximum absolute atomic E-state index is 12.7. The normalized spacial score (nSPS) is 22.3. The molecule has 1 aliphatic rings. The summed E-state index contributed by atoms with van der Waals surface area (Å²) in [6.45, 7) is 1.79. The number of sulfone groups is 1.